The Morgan fingerprint density at radius 2 is 1.72 bits per heavy atom. The van der Waals surface area contributed by atoms with Crippen LogP contribution in [-0.4, -0.2) is 51.8 Å². The Morgan fingerprint density at radius 3 is 2.24 bits per heavy atom. The van der Waals surface area contributed by atoms with Gasteiger partial charge in [-0.3, -0.25) is 0 Å². The lowest BCUT2D eigenvalue weighted by molar-refractivity contribution is 0.195. The van der Waals surface area contributed by atoms with E-state index >= 15 is 4.39 Å². The lowest BCUT2D eigenvalue weighted by Gasteiger charge is -2.44. The number of nitrogens with zero attached hydrogens (tertiary/aromatic N) is 1. The summed E-state index contributed by atoms with van der Waals surface area (Å²) in [5, 5.41) is 5.19. The van der Waals surface area contributed by atoms with Crippen LogP contribution >= 0.6 is 0 Å². The molecule has 3 rings (SSSR count). The summed E-state index contributed by atoms with van der Waals surface area (Å²) in [4.78, 5) is 0. The summed E-state index contributed by atoms with van der Waals surface area (Å²) in [6.45, 7) is 8.98. The predicted molar refractivity (Wildman–Crippen MR) is 94.5 cm³/mol. The summed E-state index contributed by atoms with van der Waals surface area (Å²) < 4.78 is 51.4. The summed E-state index contributed by atoms with van der Waals surface area (Å²) in [7, 11) is -4.53. The average molecular weight is 372 g/mol. The van der Waals surface area contributed by atoms with Crippen molar-refractivity contribution < 1.29 is 22.1 Å². The largest absolute Gasteiger partial charge is 0.494 e. The van der Waals surface area contributed by atoms with Crippen LogP contribution in [0.15, 0.2) is 23.2 Å². The fourth-order valence-electron chi connectivity index (χ4n) is 3.58. The fraction of sp³-hybridized carbons (Fsp3) is 0.750. The summed E-state index contributed by atoms with van der Waals surface area (Å²) in [6.07, 6.45) is 4.00. The zero-order valence-corrected chi connectivity index (χ0v) is 16.0. The Bertz CT molecular complexity index is 728. The fourth-order valence-corrected chi connectivity index (χ4v) is 4.31. The zero-order valence-electron chi connectivity index (χ0n) is 15.2. The molecule has 25 heavy (non-hydrogen) atoms. The van der Waals surface area contributed by atoms with Crippen LogP contribution in [-0.2, 0) is 19.5 Å². The Kier molecular flexibility index (Phi) is 4.48. The number of halogens is 1. The first-order chi connectivity index (χ1) is 11.4. The number of hydrogen-bond acceptors (Lipinski definition) is 4. The highest BCUT2D eigenvalue weighted by Gasteiger charge is 2.52. The van der Waals surface area contributed by atoms with E-state index in [0.29, 0.717) is 24.3 Å². The van der Waals surface area contributed by atoms with Crippen LogP contribution in [0.4, 0.5) is 4.39 Å². The lowest BCUT2D eigenvalue weighted by atomic mass is 9.56. The highest BCUT2D eigenvalue weighted by Crippen LogP contribution is 2.51. The van der Waals surface area contributed by atoms with Gasteiger partial charge in [-0.15, -0.1) is 0 Å². The molecule has 1 atom stereocenters. The Morgan fingerprint density at radius 1 is 1.16 bits per heavy atom. The van der Waals surface area contributed by atoms with Crippen molar-refractivity contribution in [1.82, 2.24) is 4.31 Å². The molecule has 0 saturated carbocycles. The summed E-state index contributed by atoms with van der Waals surface area (Å²) in [5.41, 5.74) is -1.20. The van der Waals surface area contributed by atoms with Crippen molar-refractivity contribution in [2.24, 2.45) is 16.0 Å². The van der Waals surface area contributed by atoms with E-state index in [-0.39, 0.29) is 30.3 Å². The molecule has 2 heterocycles. The minimum absolute atomic E-state index is 0.0653. The molecule has 2 fully saturated rings. The van der Waals surface area contributed by atoms with Crippen LogP contribution in [0, 0.1) is 10.8 Å². The molecule has 0 spiro atoms. The van der Waals surface area contributed by atoms with Gasteiger partial charge in [-0.05, 0) is 21.9 Å². The lowest BCUT2D eigenvalue weighted by Crippen LogP contribution is -2.43. The summed E-state index contributed by atoms with van der Waals surface area (Å²) in [6, 6.07) is 0. The van der Waals surface area contributed by atoms with Crippen LogP contribution in [0.5, 0.6) is 0 Å². The van der Waals surface area contributed by atoms with Gasteiger partial charge in [0, 0.05) is 13.0 Å². The van der Waals surface area contributed by atoms with Crippen molar-refractivity contribution in [2.45, 2.75) is 39.8 Å². The van der Waals surface area contributed by atoms with E-state index in [4.69, 9.17) is 14.4 Å². The maximum Gasteiger partial charge on any atom is 0.494 e. The normalized spacial score (nSPS) is 32.6. The van der Waals surface area contributed by atoms with Crippen LogP contribution in [0.1, 0.15) is 34.1 Å². The van der Waals surface area contributed by atoms with Crippen LogP contribution < -0.4 is 5.14 Å². The third-order valence-corrected chi connectivity index (χ3v) is 6.93. The second-order valence-electron chi connectivity index (χ2n) is 8.27. The van der Waals surface area contributed by atoms with Gasteiger partial charge in [0.2, 0.25) is 0 Å². The van der Waals surface area contributed by atoms with Gasteiger partial charge >= 0.3 is 7.12 Å². The van der Waals surface area contributed by atoms with Gasteiger partial charge in [0.05, 0.1) is 19.8 Å². The van der Waals surface area contributed by atoms with E-state index in [0.717, 1.165) is 4.31 Å². The molecule has 2 aliphatic heterocycles. The molecule has 1 aliphatic carbocycles. The maximum atomic E-state index is 15.9. The molecule has 6 nitrogen and oxygen atoms in total. The first-order valence-electron chi connectivity index (χ1n) is 8.52. The van der Waals surface area contributed by atoms with E-state index in [1.165, 1.54) is 0 Å². The second kappa shape index (κ2) is 5.89. The number of rotatable bonds is 3. The van der Waals surface area contributed by atoms with Crippen molar-refractivity contribution in [3.63, 3.8) is 0 Å². The first-order valence-corrected chi connectivity index (χ1v) is 10.0. The minimum atomic E-state index is -3.92. The van der Waals surface area contributed by atoms with E-state index in [1.807, 2.05) is 26.0 Å². The SMILES string of the molecule is CC1(C)C=C(B2OCCO2)C(C2(F)CCN(S(N)(=O)=O)C2)=CC1(C)C. The predicted octanol–water partition coefficient (Wildman–Crippen LogP) is 1.60. The highest BCUT2D eigenvalue weighted by molar-refractivity contribution is 7.86. The molecule has 2 saturated heterocycles. The van der Waals surface area contributed by atoms with E-state index in [9.17, 15) is 8.42 Å². The molecule has 0 radical (unpaired) electrons. The van der Waals surface area contributed by atoms with Gasteiger partial charge < -0.3 is 9.31 Å². The number of hydrogen-bond donors (Lipinski definition) is 1. The smallest absolute Gasteiger partial charge is 0.405 e. The van der Waals surface area contributed by atoms with E-state index < -0.39 is 23.0 Å². The molecule has 9 heteroatoms. The number of allylic oxidation sites excluding steroid dienone is 3. The zero-order chi connectivity index (χ0) is 18.7. The van der Waals surface area contributed by atoms with Gasteiger partial charge in [-0.2, -0.15) is 12.7 Å². The van der Waals surface area contributed by atoms with Crippen LogP contribution in [0.25, 0.3) is 0 Å². The number of nitrogens with two attached hydrogens (primary N) is 1. The van der Waals surface area contributed by atoms with Gasteiger partial charge in [0.15, 0.2) is 0 Å². The van der Waals surface area contributed by atoms with Crippen molar-refractivity contribution in [1.29, 1.82) is 0 Å². The van der Waals surface area contributed by atoms with Gasteiger partial charge in [-0.1, -0.05) is 39.8 Å². The molecule has 140 valence electrons. The van der Waals surface area contributed by atoms with Crippen LogP contribution in [0.2, 0.25) is 0 Å². The molecule has 2 N–H and O–H groups in total. The quantitative estimate of drug-likeness (QED) is 0.763. The first kappa shape index (κ1) is 19.0. The molecule has 1 unspecified atom stereocenters. The molecule has 3 aliphatic rings. The van der Waals surface area contributed by atoms with Crippen LogP contribution in [0.3, 0.4) is 0 Å². The molecule has 0 amide bonds. The molecular weight excluding hydrogens is 346 g/mol. The molecule has 0 aromatic heterocycles. The molecular formula is C16H26BFN2O4S. The summed E-state index contributed by atoms with van der Waals surface area (Å²) in [5.74, 6) is 0. The minimum Gasteiger partial charge on any atom is -0.405 e. The van der Waals surface area contributed by atoms with Gasteiger partial charge in [0.1, 0.15) is 5.67 Å². The Labute approximate surface area is 149 Å². The Hall–Kier alpha value is -0.735. The highest BCUT2D eigenvalue weighted by atomic mass is 32.2. The van der Waals surface area contributed by atoms with Crippen molar-refractivity contribution in [3.8, 4) is 0 Å². The third-order valence-electron chi connectivity index (χ3n) is 5.90. The Balaban J connectivity index is 2.02. The topological polar surface area (TPSA) is 81.9 Å². The van der Waals surface area contributed by atoms with E-state index in [1.54, 1.807) is 0 Å². The molecule has 0 aromatic rings. The summed E-state index contributed by atoms with van der Waals surface area (Å²) >= 11 is 0. The van der Waals surface area contributed by atoms with Gasteiger partial charge in [0.25, 0.3) is 10.2 Å². The number of alkyl halides is 1. The maximum absolute atomic E-state index is 15.9. The molecule has 0 aromatic carbocycles. The standard InChI is InChI=1S/C16H26BFN2O4S/c1-14(2)9-12(16(18)5-6-20(11-16)25(19,21)22)13(10-15(14,3)4)17-23-7-8-24-17/h9-10H,5-8,11H2,1-4H3,(H2,19,21,22). The van der Waals surface area contributed by atoms with Crippen molar-refractivity contribution in [3.05, 3.63) is 23.2 Å². The monoisotopic (exact) mass is 372 g/mol. The molecule has 0 bridgehead atoms. The van der Waals surface area contributed by atoms with Crippen molar-refractivity contribution in [2.75, 3.05) is 26.3 Å². The van der Waals surface area contributed by atoms with E-state index in [2.05, 4.69) is 13.8 Å². The third kappa shape index (κ3) is 3.32. The second-order valence-corrected chi connectivity index (χ2v) is 9.81. The van der Waals surface area contributed by atoms with Crippen molar-refractivity contribution >= 4 is 17.3 Å². The average Bonchev–Trinajstić information content (AvgIpc) is 3.10. The van der Waals surface area contributed by atoms with Gasteiger partial charge in [-0.25, -0.2) is 9.53 Å².